The van der Waals surface area contributed by atoms with Crippen LogP contribution in [0.2, 0.25) is 0 Å². The lowest BCUT2D eigenvalue weighted by Crippen LogP contribution is -2.00. The molecule has 5 N–H and O–H groups in total. The van der Waals surface area contributed by atoms with E-state index in [4.69, 9.17) is 0 Å². The van der Waals surface area contributed by atoms with Crippen molar-refractivity contribution in [2.24, 2.45) is 0 Å². The lowest BCUT2D eigenvalue weighted by Gasteiger charge is -2.16. The van der Waals surface area contributed by atoms with Gasteiger partial charge in [-0.05, 0) is 43.0 Å². The van der Waals surface area contributed by atoms with Crippen molar-refractivity contribution in [3.05, 3.63) is 86.5 Å². The molecule has 0 aliphatic rings. The van der Waals surface area contributed by atoms with Gasteiger partial charge in [-0.25, -0.2) is 0 Å². The molecule has 0 bridgehead atoms. The highest BCUT2D eigenvalue weighted by molar-refractivity contribution is 5.53. The van der Waals surface area contributed by atoms with Gasteiger partial charge in [0.1, 0.15) is 17.2 Å². The van der Waals surface area contributed by atoms with Crippen LogP contribution in [0.5, 0.6) is 17.2 Å². The fourth-order valence-electron chi connectivity index (χ4n) is 3.99. The maximum Gasteiger partial charge on any atom is 0.124 e. The smallest absolute Gasteiger partial charge is 0.124 e. The molecule has 0 fully saturated rings. The summed E-state index contributed by atoms with van der Waals surface area (Å²) in [5, 5.41) is 50.8. The highest BCUT2D eigenvalue weighted by atomic mass is 16.3. The molecule has 0 atom stereocenters. The Morgan fingerprint density at radius 2 is 0.700 bits per heavy atom. The molecule has 0 radical (unpaired) electrons. The number of phenolic OH excluding ortho intramolecular Hbond substituents is 1. The highest BCUT2D eigenvalue weighted by Crippen LogP contribution is 2.35. The van der Waals surface area contributed by atoms with Crippen molar-refractivity contribution in [3.8, 4) is 17.2 Å². The van der Waals surface area contributed by atoms with E-state index in [1.165, 1.54) is 0 Å². The van der Waals surface area contributed by atoms with Crippen molar-refractivity contribution in [2.75, 3.05) is 0 Å². The van der Waals surface area contributed by atoms with Crippen molar-refractivity contribution >= 4 is 0 Å². The van der Waals surface area contributed by atoms with Gasteiger partial charge in [0.25, 0.3) is 0 Å². The number of rotatable bonds is 6. The SMILES string of the molecule is Cc1cc(CO)c(O)c(Cc2cc(C)cc(Cc3cc(C)cc(CO)c3O)c2O)c1. The Labute approximate surface area is 176 Å². The Morgan fingerprint density at radius 3 is 0.967 bits per heavy atom. The van der Waals surface area contributed by atoms with Crippen molar-refractivity contribution in [3.63, 3.8) is 0 Å². The second kappa shape index (κ2) is 8.78. The lowest BCUT2D eigenvalue weighted by atomic mass is 9.92. The number of aromatic hydroxyl groups is 3. The Hall–Kier alpha value is -3.02. The molecule has 0 unspecified atom stereocenters. The molecule has 0 saturated carbocycles. The van der Waals surface area contributed by atoms with Gasteiger partial charge in [0.05, 0.1) is 13.2 Å². The maximum atomic E-state index is 10.9. The molecule has 3 aromatic carbocycles. The molecule has 0 heterocycles. The van der Waals surface area contributed by atoms with Gasteiger partial charge in [0, 0.05) is 24.0 Å². The fraction of sp³-hybridized carbons (Fsp3) is 0.280. The van der Waals surface area contributed by atoms with Crippen LogP contribution in [0.15, 0.2) is 36.4 Å². The molecule has 0 aliphatic heterocycles. The minimum Gasteiger partial charge on any atom is -0.507 e. The van der Waals surface area contributed by atoms with Crippen LogP contribution in [0.1, 0.15) is 50.1 Å². The highest BCUT2D eigenvalue weighted by Gasteiger charge is 2.16. The number of benzene rings is 3. The number of aliphatic hydroxyl groups is 2. The van der Waals surface area contributed by atoms with E-state index >= 15 is 0 Å². The number of aryl methyl sites for hydroxylation is 3. The van der Waals surface area contributed by atoms with Gasteiger partial charge in [-0.1, -0.05) is 53.1 Å². The first-order valence-electron chi connectivity index (χ1n) is 9.89. The zero-order chi connectivity index (χ0) is 22.0. The molecule has 0 saturated heterocycles. The van der Waals surface area contributed by atoms with Gasteiger partial charge >= 0.3 is 0 Å². The van der Waals surface area contributed by atoms with Crippen LogP contribution in [0, 0.1) is 20.8 Å². The second-order valence-electron chi connectivity index (χ2n) is 7.97. The summed E-state index contributed by atoms with van der Waals surface area (Å²) < 4.78 is 0. The lowest BCUT2D eigenvalue weighted by molar-refractivity contribution is 0.274. The standard InChI is InChI=1S/C25H28O5/c1-14-4-17(10-19-6-15(2)8-21(12-26)24(19)29)23(28)18(5-14)11-20-7-16(3)9-22(13-27)25(20)30/h4-9,26-30H,10-13H2,1-3H3. The van der Waals surface area contributed by atoms with Crippen molar-refractivity contribution in [1.82, 2.24) is 0 Å². The first-order chi connectivity index (χ1) is 14.2. The van der Waals surface area contributed by atoms with Gasteiger partial charge in [-0.15, -0.1) is 0 Å². The number of hydrogen-bond donors (Lipinski definition) is 5. The van der Waals surface area contributed by atoms with E-state index in [1.54, 1.807) is 12.1 Å². The number of aliphatic hydroxyl groups excluding tert-OH is 2. The number of phenols is 3. The van der Waals surface area contributed by atoms with Crippen molar-refractivity contribution in [1.29, 1.82) is 0 Å². The third kappa shape index (κ3) is 4.42. The summed E-state index contributed by atoms with van der Waals surface area (Å²) in [6.45, 7) is 5.19. The average molecular weight is 408 g/mol. The molecular weight excluding hydrogens is 380 g/mol. The van der Waals surface area contributed by atoms with Crippen LogP contribution in [-0.2, 0) is 26.1 Å². The molecule has 5 nitrogen and oxygen atoms in total. The zero-order valence-electron chi connectivity index (χ0n) is 17.5. The minimum atomic E-state index is -0.259. The third-order valence-electron chi connectivity index (χ3n) is 5.34. The molecule has 158 valence electrons. The first-order valence-corrected chi connectivity index (χ1v) is 9.89. The Kier molecular flexibility index (Phi) is 6.34. The van der Waals surface area contributed by atoms with E-state index < -0.39 is 0 Å². The zero-order valence-corrected chi connectivity index (χ0v) is 17.5. The van der Waals surface area contributed by atoms with Crippen LogP contribution < -0.4 is 0 Å². The Bertz CT molecular complexity index is 1000. The second-order valence-corrected chi connectivity index (χ2v) is 7.97. The van der Waals surface area contributed by atoms with Crippen LogP contribution in [-0.4, -0.2) is 25.5 Å². The molecule has 3 aromatic rings. The molecule has 0 spiro atoms. The monoisotopic (exact) mass is 408 g/mol. The third-order valence-corrected chi connectivity index (χ3v) is 5.34. The summed E-state index contributed by atoms with van der Waals surface area (Å²) in [4.78, 5) is 0. The molecule has 5 heteroatoms. The van der Waals surface area contributed by atoms with Gasteiger partial charge in [-0.2, -0.15) is 0 Å². The summed E-state index contributed by atoms with van der Waals surface area (Å²) in [6.07, 6.45) is 0.617. The van der Waals surface area contributed by atoms with Crippen LogP contribution in [0.3, 0.4) is 0 Å². The Morgan fingerprint density at radius 1 is 0.467 bits per heavy atom. The van der Waals surface area contributed by atoms with E-state index in [2.05, 4.69) is 0 Å². The first kappa shape index (κ1) is 21.7. The molecule has 0 aliphatic carbocycles. The predicted octanol–water partition coefficient (Wildman–Crippen LogP) is 3.89. The normalized spacial score (nSPS) is 11.1. The van der Waals surface area contributed by atoms with Gasteiger partial charge < -0.3 is 25.5 Å². The summed E-state index contributed by atoms with van der Waals surface area (Å²) >= 11 is 0. The van der Waals surface area contributed by atoms with Gasteiger partial charge in [0.15, 0.2) is 0 Å². The van der Waals surface area contributed by atoms with E-state index in [0.29, 0.717) is 46.2 Å². The van der Waals surface area contributed by atoms with E-state index in [9.17, 15) is 25.5 Å². The topological polar surface area (TPSA) is 101 Å². The largest absolute Gasteiger partial charge is 0.507 e. The molecular formula is C25H28O5. The summed E-state index contributed by atoms with van der Waals surface area (Å²) in [6, 6.07) is 10.9. The van der Waals surface area contributed by atoms with Crippen LogP contribution >= 0.6 is 0 Å². The minimum absolute atomic E-state index is 0.0365. The van der Waals surface area contributed by atoms with Crippen LogP contribution in [0.25, 0.3) is 0 Å². The van der Waals surface area contributed by atoms with Crippen molar-refractivity contribution < 1.29 is 25.5 Å². The molecule has 0 amide bonds. The van der Waals surface area contributed by atoms with E-state index in [1.807, 2.05) is 45.0 Å². The fourth-order valence-corrected chi connectivity index (χ4v) is 3.99. The van der Waals surface area contributed by atoms with E-state index in [0.717, 1.165) is 16.7 Å². The molecule has 30 heavy (non-hydrogen) atoms. The summed E-state index contributed by atoms with van der Waals surface area (Å²) in [5.74, 6) is 0.183. The molecule has 3 rings (SSSR count). The van der Waals surface area contributed by atoms with Crippen LogP contribution in [0.4, 0.5) is 0 Å². The maximum absolute atomic E-state index is 10.9. The van der Waals surface area contributed by atoms with E-state index in [-0.39, 0.29) is 30.5 Å². The van der Waals surface area contributed by atoms with Gasteiger partial charge in [0.2, 0.25) is 0 Å². The Balaban J connectivity index is 2.02. The van der Waals surface area contributed by atoms with Gasteiger partial charge in [-0.3, -0.25) is 0 Å². The average Bonchev–Trinajstić information content (AvgIpc) is 2.70. The summed E-state index contributed by atoms with van der Waals surface area (Å²) in [7, 11) is 0. The number of hydrogen-bond acceptors (Lipinski definition) is 5. The predicted molar refractivity (Wildman–Crippen MR) is 116 cm³/mol. The van der Waals surface area contributed by atoms with Crippen molar-refractivity contribution in [2.45, 2.75) is 46.8 Å². The quantitative estimate of drug-likeness (QED) is 0.426. The molecule has 0 aromatic heterocycles. The summed E-state index contributed by atoms with van der Waals surface area (Å²) in [5.41, 5.74) is 6.27.